The van der Waals surface area contributed by atoms with Gasteiger partial charge in [-0.2, -0.15) is 0 Å². The number of nitrogens with one attached hydrogen (secondary N) is 1. The van der Waals surface area contributed by atoms with Gasteiger partial charge < -0.3 is 19.5 Å². The number of aromatic nitrogens is 2. The fraction of sp³-hybridized carbons (Fsp3) is 0.211. The van der Waals surface area contributed by atoms with Crippen LogP contribution in [-0.4, -0.2) is 29.1 Å². The average Bonchev–Trinajstić information content (AvgIpc) is 3.14. The largest absolute Gasteiger partial charge is 0.486 e. The van der Waals surface area contributed by atoms with Crippen LogP contribution in [0.25, 0.3) is 0 Å². The molecule has 3 aromatic rings. The lowest BCUT2D eigenvalue weighted by molar-refractivity contribution is -0.115. The Kier molecular flexibility index (Phi) is 5.15. The molecule has 2 aromatic heterocycles. The molecule has 1 aromatic carbocycles. The second-order valence-electron chi connectivity index (χ2n) is 5.79. The zero-order chi connectivity index (χ0) is 18.5. The lowest BCUT2D eigenvalue weighted by Crippen LogP contribution is -2.17. The predicted octanol–water partition coefficient (Wildman–Crippen LogP) is 3.07. The van der Waals surface area contributed by atoms with Gasteiger partial charge in [-0.25, -0.2) is 4.98 Å². The first kappa shape index (κ1) is 17.3. The van der Waals surface area contributed by atoms with E-state index < -0.39 is 0 Å². The molecule has 0 saturated carbocycles. The maximum absolute atomic E-state index is 12.3. The van der Waals surface area contributed by atoms with Gasteiger partial charge in [0.05, 0.1) is 18.3 Å². The molecule has 3 heterocycles. The second kappa shape index (κ2) is 8.05. The number of fused-ring (bicyclic) bond motifs is 1. The van der Waals surface area contributed by atoms with E-state index in [0.29, 0.717) is 48.5 Å². The molecule has 4 rings (SSSR count). The van der Waals surface area contributed by atoms with E-state index in [4.69, 9.17) is 14.2 Å². The molecule has 0 radical (unpaired) electrons. The molecule has 0 fully saturated rings. The smallest absolute Gasteiger partial charge is 0.230 e. The highest BCUT2D eigenvalue weighted by molar-refractivity contribution is 7.09. The Bertz CT molecular complexity index is 930. The topological polar surface area (TPSA) is 82.6 Å². The van der Waals surface area contributed by atoms with Crippen LogP contribution in [0.3, 0.4) is 0 Å². The van der Waals surface area contributed by atoms with Crippen molar-refractivity contribution < 1.29 is 19.0 Å². The van der Waals surface area contributed by atoms with E-state index in [1.54, 1.807) is 30.6 Å². The minimum absolute atomic E-state index is 0.142. The van der Waals surface area contributed by atoms with Gasteiger partial charge in [0.25, 0.3) is 0 Å². The van der Waals surface area contributed by atoms with Crippen molar-refractivity contribution in [3.8, 4) is 17.2 Å². The van der Waals surface area contributed by atoms with Crippen molar-refractivity contribution in [1.82, 2.24) is 9.97 Å². The third-order valence-electron chi connectivity index (χ3n) is 3.76. The van der Waals surface area contributed by atoms with Gasteiger partial charge in [0.1, 0.15) is 30.6 Å². The van der Waals surface area contributed by atoms with E-state index in [2.05, 4.69) is 15.3 Å². The number of ether oxygens (including phenoxy) is 3. The molecule has 0 atom stereocenters. The predicted molar refractivity (Wildman–Crippen MR) is 100 cm³/mol. The Morgan fingerprint density at radius 1 is 1.22 bits per heavy atom. The van der Waals surface area contributed by atoms with Crippen molar-refractivity contribution in [2.75, 3.05) is 18.5 Å². The van der Waals surface area contributed by atoms with Crippen LogP contribution in [-0.2, 0) is 17.8 Å². The molecule has 0 aliphatic carbocycles. The summed E-state index contributed by atoms with van der Waals surface area (Å²) >= 11 is 1.46. The van der Waals surface area contributed by atoms with E-state index in [9.17, 15) is 4.79 Å². The molecular formula is C19H17N3O4S. The SMILES string of the molecule is O=C(Cc1csc(COc2cccnc2)n1)Nc1ccc2c(c1)OCCO2. The van der Waals surface area contributed by atoms with Gasteiger partial charge >= 0.3 is 0 Å². The lowest BCUT2D eigenvalue weighted by atomic mass is 10.2. The van der Waals surface area contributed by atoms with Crippen LogP contribution >= 0.6 is 11.3 Å². The molecule has 7 nitrogen and oxygen atoms in total. The van der Waals surface area contributed by atoms with Gasteiger partial charge in [-0.05, 0) is 24.3 Å². The molecule has 27 heavy (non-hydrogen) atoms. The molecule has 1 amide bonds. The summed E-state index contributed by atoms with van der Waals surface area (Å²) < 4.78 is 16.6. The molecular weight excluding hydrogens is 366 g/mol. The molecule has 0 unspecified atom stereocenters. The third kappa shape index (κ3) is 4.53. The highest BCUT2D eigenvalue weighted by Gasteiger charge is 2.14. The molecule has 1 N–H and O–H groups in total. The van der Waals surface area contributed by atoms with Gasteiger partial charge in [-0.3, -0.25) is 9.78 Å². The van der Waals surface area contributed by atoms with Crippen LogP contribution in [0.4, 0.5) is 5.69 Å². The highest BCUT2D eigenvalue weighted by atomic mass is 32.1. The highest BCUT2D eigenvalue weighted by Crippen LogP contribution is 2.32. The Balaban J connectivity index is 1.31. The summed E-state index contributed by atoms with van der Waals surface area (Å²) in [4.78, 5) is 20.7. The van der Waals surface area contributed by atoms with Crippen molar-refractivity contribution >= 4 is 22.9 Å². The zero-order valence-electron chi connectivity index (χ0n) is 14.4. The first-order valence-electron chi connectivity index (χ1n) is 8.42. The zero-order valence-corrected chi connectivity index (χ0v) is 15.2. The number of anilines is 1. The van der Waals surface area contributed by atoms with Gasteiger partial charge in [0.15, 0.2) is 11.5 Å². The Morgan fingerprint density at radius 3 is 2.96 bits per heavy atom. The van der Waals surface area contributed by atoms with Crippen LogP contribution in [0.15, 0.2) is 48.1 Å². The quantitative estimate of drug-likeness (QED) is 0.704. The van der Waals surface area contributed by atoms with Crippen LogP contribution < -0.4 is 19.5 Å². The summed E-state index contributed by atoms with van der Waals surface area (Å²) in [7, 11) is 0. The number of amides is 1. The molecule has 8 heteroatoms. The van der Waals surface area contributed by atoms with Crippen molar-refractivity contribution in [2.45, 2.75) is 13.0 Å². The Hall–Kier alpha value is -3.13. The Morgan fingerprint density at radius 2 is 2.11 bits per heavy atom. The molecule has 0 spiro atoms. The van der Waals surface area contributed by atoms with Crippen molar-refractivity contribution in [3.63, 3.8) is 0 Å². The van der Waals surface area contributed by atoms with E-state index >= 15 is 0 Å². The number of carbonyl (C=O) groups is 1. The van der Waals surface area contributed by atoms with Crippen LogP contribution in [0.5, 0.6) is 17.2 Å². The number of thiazole rings is 1. The lowest BCUT2D eigenvalue weighted by Gasteiger charge is -2.18. The third-order valence-corrected chi connectivity index (χ3v) is 4.63. The maximum Gasteiger partial charge on any atom is 0.230 e. The standard InChI is InChI=1S/C19H17N3O4S/c23-18(21-13-3-4-16-17(8-13)25-7-6-24-16)9-14-12-27-19(22-14)11-26-15-2-1-5-20-10-15/h1-5,8,10,12H,6-7,9,11H2,(H,21,23). The molecule has 1 aliphatic rings. The molecule has 138 valence electrons. The van der Waals surface area contributed by atoms with Gasteiger partial charge in [0.2, 0.25) is 5.91 Å². The number of rotatable bonds is 6. The first-order chi connectivity index (χ1) is 13.3. The van der Waals surface area contributed by atoms with Crippen molar-refractivity contribution in [1.29, 1.82) is 0 Å². The minimum atomic E-state index is -0.142. The summed E-state index contributed by atoms with van der Waals surface area (Å²) in [5, 5.41) is 5.53. The number of pyridine rings is 1. The van der Waals surface area contributed by atoms with E-state index in [0.717, 1.165) is 5.01 Å². The summed E-state index contributed by atoms with van der Waals surface area (Å²) in [5.41, 5.74) is 1.37. The Labute approximate surface area is 159 Å². The number of benzene rings is 1. The van der Waals surface area contributed by atoms with Gasteiger partial charge in [-0.15, -0.1) is 11.3 Å². The summed E-state index contributed by atoms with van der Waals surface area (Å²) in [6, 6.07) is 8.99. The average molecular weight is 383 g/mol. The normalized spacial score (nSPS) is 12.4. The van der Waals surface area contributed by atoms with E-state index in [1.807, 2.05) is 17.5 Å². The monoisotopic (exact) mass is 383 g/mol. The number of hydrogen-bond acceptors (Lipinski definition) is 7. The maximum atomic E-state index is 12.3. The molecule has 0 saturated heterocycles. The number of nitrogens with zero attached hydrogens (tertiary/aromatic N) is 2. The molecule has 0 bridgehead atoms. The summed E-state index contributed by atoms with van der Waals surface area (Å²) in [5.74, 6) is 1.88. The van der Waals surface area contributed by atoms with E-state index in [-0.39, 0.29) is 12.3 Å². The first-order valence-corrected chi connectivity index (χ1v) is 9.30. The fourth-order valence-electron chi connectivity index (χ4n) is 2.56. The van der Waals surface area contributed by atoms with Gasteiger partial charge in [-0.1, -0.05) is 0 Å². The van der Waals surface area contributed by atoms with Crippen molar-refractivity contribution in [3.05, 3.63) is 58.8 Å². The van der Waals surface area contributed by atoms with Crippen LogP contribution in [0, 0.1) is 0 Å². The molecule has 1 aliphatic heterocycles. The summed E-state index contributed by atoms with van der Waals surface area (Å²) in [6.07, 6.45) is 3.53. The summed E-state index contributed by atoms with van der Waals surface area (Å²) in [6.45, 7) is 1.39. The van der Waals surface area contributed by atoms with Crippen molar-refractivity contribution in [2.24, 2.45) is 0 Å². The number of hydrogen-bond donors (Lipinski definition) is 1. The fourth-order valence-corrected chi connectivity index (χ4v) is 3.27. The second-order valence-corrected chi connectivity index (χ2v) is 6.74. The van der Waals surface area contributed by atoms with E-state index in [1.165, 1.54) is 11.3 Å². The van der Waals surface area contributed by atoms with Crippen LogP contribution in [0.1, 0.15) is 10.7 Å². The van der Waals surface area contributed by atoms with Crippen LogP contribution in [0.2, 0.25) is 0 Å². The van der Waals surface area contributed by atoms with Gasteiger partial charge in [0, 0.05) is 23.3 Å². The minimum Gasteiger partial charge on any atom is -0.486 e. The number of carbonyl (C=O) groups excluding carboxylic acids is 1.